The number of nitrogen functional groups attached to an aromatic ring is 2. The van der Waals surface area contributed by atoms with Crippen LogP contribution in [-0.4, -0.2) is 28.9 Å². The first-order valence-electron chi connectivity index (χ1n) is 10.8. The number of halogens is 1. The number of aromatic nitrogens is 1. The van der Waals surface area contributed by atoms with Gasteiger partial charge < -0.3 is 21.1 Å². The first-order chi connectivity index (χ1) is 15.4. The summed E-state index contributed by atoms with van der Waals surface area (Å²) in [5, 5.41) is 0. The largest absolute Gasteiger partial charge is 0.491 e. The fourth-order valence-corrected chi connectivity index (χ4v) is 4.24. The molecule has 0 radical (unpaired) electrons. The van der Waals surface area contributed by atoms with Gasteiger partial charge in [0.1, 0.15) is 29.6 Å². The lowest BCUT2D eigenvalue weighted by atomic mass is 9.98. The van der Waals surface area contributed by atoms with Crippen molar-refractivity contribution in [3.8, 4) is 16.9 Å². The zero-order chi connectivity index (χ0) is 22.4. The Kier molecular flexibility index (Phi) is 4.96. The number of amides is 1. The van der Waals surface area contributed by atoms with Crippen molar-refractivity contribution in [2.24, 2.45) is 0 Å². The SMILES string of the molecule is Cc1cc(-c2ccnc(N)c2N)ccc1CN1CCOc2cc(C3CC3)cc(F)c2C1=O. The monoisotopic (exact) mass is 432 g/mol. The van der Waals surface area contributed by atoms with Gasteiger partial charge in [-0.3, -0.25) is 4.79 Å². The molecule has 5 rings (SSSR count). The molecular weight excluding hydrogens is 407 g/mol. The molecule has 1 aliphatic carbocycles. The van der Waals surface area contributed by atoms with E-state index in [9.17, 15) is 9.18 Å². The van der Waals surface area contributed by atoms with Crippen molar-refractivity contribution < 1.29 is 13.9 Å². The predicted molar refractivity (Wildman–Crippen MR) is 122 cm³/mol. The molecule has 1 amide bonds. The van der Waals surface area contributed by atoms with Gasteiger partial charge in [-0.25, -0.2) is 9.37 Å². The van der Waals surface area contributed by atoms with Crippen LogP contribution in [0.15, 0.2) is 42.6 Å². The second-order valence-electron chi connectivity index (χ2n) is 8.52. The van der Waals surface area contributed by atoms with Gasteiger partial charge in [-0.1, -0.05) is 18.2 Å². The fraction of sp³-hybridized carbons (Fsp3) is 0.280. The number of benzene rings is 2. The minimum atomic E-state index is -0.501. The summed E-state index contributed by atoms with van der Waals surface area (Å²) < 4.78 is 20.7. The Morgan fingerprint density at radius 1 is 1.19 bits per heavy atom. The molecule has 0 spiro atoms. The summed E-state index contributed by atoms with van der Waals surface area (Å²) in [4.78, 5) is 18.9. The molecule has 1 fully saturated rings. The van der Waals surface area contributed by atoms with Crippen LogP contribution in [0, 0.1) is 12.7 Å². The molecular formula is C25H25FN4O2. The summed E-state index contributed by atoms with van der Waals surface area (Å²) in [6.45, 7) is 3.07. The lowest BCUT2D eigenvalue weighted by Crippen LogP contribution is -2.32. The molecule has 4 N–H and O–H groups in total. The lowest BCUT2D eigenvalue weighted by molar-refractivity contribution is 0.0739. The van der Waals surface area contributed by atoms with E-state index in [-0.39, 0.29) is 11.5 Å². The number of fused-ring (bicyclic) bond motifs is 1. The number of aryl methyl sites for hydroxylation is 1. The summed E-state index contributed by atoms with van der Waals surface area (Å²) in [5.41, 5.74) is 17.0. The molecule has 6 nitrogen and oxygen atoms in total. The number of anilines is 2. The van der Waals surface area contributed by atoms with Crippen molar-refractivity contribution in [3.05, 3.63) is 70.7 Å². The fourth-order valence-electron chi connectivity index (χ4n) is 4.24. The molecule has 3 aromatic rings. The first-order valence-corrected chi connectivity index (χ1v) is 10.8. The van der Waals surface area contributed by atoms with Crippen LogP contribution >= 0.6 is 0 Å². The number of ether oxygens (including phenoxy) is 1. The molecule has 1 aliphatic heterocycles. The smallest absolute Gasteiger partial charge is 0.261 e. The second kappa shape index (κ2) is 7.82. The lowest BCUT2D eigenvalue weighted by Gasteiger charge is -2.22. The summed E-state index contributed by atoms with van der Waals surface area (Å²) in [7, 11) is 0. The number of carbonyl (C=O) groups excluding carboxylic acids is 1. The van der Waals surface area contributed by atoms with Gasteiger partial charge in [0.25, 0.3) is 5.91 Å². The molecule has 2 aromatic carbocycles. The van der Waals surface area contributed by atoms with Gasteiger partial charge in [0.2, 0.25) is 0 Å². The quantitative estimate of drug-likeness (QED) is 0.642. The van der Waals surface area contributed by atoms with E-state index in [1.54, 1.807) is 11.1 Å². The Hall–Kier alpha value is -3.61. The number of hydrogen-bond donors (Lipinski definition) is 2. The van der Waals surface area contributed by atoms with Gasteiger partial charge in [-0.2, -0.15) is 0 Å². The Bertz CT molecular complexity index is 1220. The maximum atomic E-state index is 14.9. The number of hydrogen-bond acceptors (Lipinski definition) is 5. The van der Waals surface area contributed by atoms with Gasteiger partial charge in [-0.05, 0) is 66.1 Å². The maximum absolute atomic E-state index is 14.9. The number of rotatable bonds is 4. The predicted octanol–water partition coefficient (Wildman–Crippen LogP) is 4.27. The van der Waals surface area contributed by atoms with Crippen molar-refractivity contribution in [1.29, 1.82) is 0 Å². The van der Waals surface area contributed by atoms with Gasteiger partial charge in [0.05, 0.1) is 12.2 Å². The van der Waals surface area contributed by atoms with Crippen molar-refractivity contribution in [3.63, 3.8) is 0 Å². The second-order valence-corrected chi connectivity index (χ2v) is 8.52. The van der Waals surface area contributed by atoms with Crippen LogP contribution in [0.25, 0.3) is 11.1 Å². The molecule has 1 aromatic heterocycles. The summed E-state index contributed by atoms with van der Waals surface area (Å²) in [6.07, 6.45) is 3.75. The third-order valence-corrected chi connectivity index (χ3v) is 6.28. The van der Waals surface area contributed by atoms with E-state index < -0.39 is 5.82 Å². The number of pyridine rings is 1. The molecule has 2 heterocycles. The van der Waals surface area contributed by atoms with E-state index in [0.717, 1.165) is 40.7 Å². The third-order valence-electron chi connectivity index (χ3n) is 6.28. The normalized spacial score (nSPS) is 15.8. The minimum absolute atomic E-state index is 0.0289. The summed E-state index contributed by atoms with van der Waals surface area (Å²) in [5.74, 6) is 0.201. The molecule has 0 unspecified atom stereocenters. The average Bonchev–Trinajstić information content (AvgIpc) is 3.61. The van der Waals surface area contributed by atoms with Gasteiger partial charge in [-0.15, -0.1) is 0 Å². The van der Waals surface area contributed by atoms with E-state index in [1.807, 2.05) is 37.3 Å². The average molecular weight is 432 g/mol. The standard InChI is InChI=1S/C25H25FN4O2/c1-14-10-16(19-6-7-29-24(28)23(19)27)4-5-17(14)13-30-8-9-32-21-12-18(15-2-3-15)11-20(26)22(21)25(30)31/h4-7,10-12,15H,2-3,8-9,13,27H2,1H3,(H2,28,29). The maximum Gasteiger partial charge on any atom is 0.261 e. The van der Waals surface area contributed by atoms with E-state index in [0.29, 0.717) is 42.9 Å². The number of nitrogens with zero attached hydrogens (tertiary/aromatic N) is 2. The van der Waals surface area contributed by atoms with Gasteiger partial charge >= 0.3 is 0 Å². The Balaban J connectivity index is 1.41. The third kappa shape index (κ3) is 3.64. The number of nitrogens with two attached hydrogens (primary N) is 2. The molecule has 0 saturated heterocycles. The van der Waals surface area contributed by atoms with Gasteiger partial charge in [0.15, 0.2) is 0 Å². The van der Waals surface area contributed by atoms with Crippen molar-refractivity contribution in [2.75, 3.05) is 24.6 Å². The summed E-state index contributed by atoms with van der Waals surface area (Å²) >= 11 is 0. The van der Waals surface area contributed by atoms with E-state index in [4.69, 9.17) is 16.2 Å². The summed E-state index contributed by atoms with van der Waals surface area (Å²) in [6, 6.07) is 11.1. The zero-order valence-corrected chi connectivity index (χ0v) is 17.9. The van der Waals surface area contributed by atoms with Crippen molar-refractivity contribution >= 4 is 17.4 Å². The topological polar surface area (TPSA) is 94.5 Å². The zero-order valence-electron chi connectivity index (χ0n) is 17.9. The Morgan fingerprint density at radius 3 is 2.75 bits per heavy atom. The van der Waals surface area contributed by atoms with Crippen LogP contribution in [0.3, 0.4) is 0 Å². The van der Waals surface area contributed by atoms with Crippen LogP contribution < -0.4 is 16.2 Å². The van der Waals surface area contributed by atoms with Crippen LogP contribution in [0.1, 0.15) is 45.8 Å². The molecule has 7 heteroatoms. The van der Waals surface area contributed by atoms with E-state index >= 15 is 0 Å². The van der Waals surface area contributed by atoms with Crippen LogP contribution in [0.4, 0.5) is 15.9 Å². The highest BCUT2D eigenvalue weighted by atomic mass is 19.1. The van der Waals surface area contributed by atoms with Crippen molar-refractivity contribution in [2.45, 2.75) is 32.2 Å². The highest BCUT2D eigenvalue weighted by Gasteiger charge is 2.31. The number of carbonyl (C=O) groups is 1. The first kappa shape index (κ1) is 20.3. The molecule has 164 valence electrons. The highest BCUT2D eigenvalue weighted by Crippen LogP contribution is 2.43. The van der Waals surface area contributed by atoms with Crippen molar-refractivity contribution in [1.82, 2.24) is 9.88 Å². The Labute approximate surface area is 186 Å². The molecule has 32 heavy (non-hydrogen) atoms. The minimum Gasteiger partial charge on any atom is -0.491 e. The molecule has 0 bridgehead atoms. The van der Waals surface area contributed by atoms with Crippen LogP contribution in [0.5, 0.6) is 5.75 Å². The van der Waals surface area contributed by atoms with Crippen LogP contribution in [0.2, 0.25) is 0 Å². The Morgan fingerprint density at radius 2 is 2.00 bits per heavy atom. The molecule has 0 atom stereocenters. The van der Waals surface area contributed by atoms with E-state index in [1.165, 1.54) is 6.07 Å². The van der Waals surface area contributed by atoms with Crippen LogP contribution in [-0.2, 0) is 6.54 Å². The van der Waals surface area contributed by atoms with E-state index in [2.05, 4.69) is 4.98 Å². The molecule has 2 aliphatic rings. The van der Waals surface area contributed by atoms with Gasteiger partial charge in [0, 0.05) is 18.3 Å². The highest BCUT2D eigenvalue weighted by molar-refractivity contribution is 5.97. The molecule has 1 saturated carbocycles.